The molecule has 0 spiro atoms. The number of carboxylic acids is 1. The number of aliphatic hydroxyl groups excluding tert-OH is 1. The highest BCUT2D eigenvalue weighted by Gasteiger charge is 2.33. The van der Waals surface area contributed by atoms with Crippen LogP contribution < -0.4 is 21.7 Å². The number of aromatic nitrogens is 1. The number of benzene rings is 1. The summed E-state index contributed by atoms with van der Waals surface area (Å²) in [5.74, 6) is -3.42. The largest absolute Gasteiger partial charge is 0.480 e. The van der Waals surface area contributed by atoms with Gasteiger partial charge in [-0.15, -0.1) is 0 Å². The Morgan fingerprint density at radius 2 is 1.58 bits per heavy atom. The molecule has 11 nitrogen and oxygen atoms in total. The summed E-state index contributed by atoms with van der Waals surface area (Å²) < 4.78 is 0. The van der Waals surface area contributed by atoms with Crippen LogP contribution in [-0.4, -0.2) is 69.2 Å². The highest BCUT2D eigenvalue weighted by molar-refractivity contribution is 5.95. The van der Waals surface area contributed by atoms with E-state index in [1.54, 1.807) is 13.1 Å². The van der Waals surface area contributed by atoms with E-state index in [0.29, 0.717) is 6.42 Å². The number of hydrogen-bond donors (Lipinski definition) is 7. The van der Waals surface area contributed by atoms with Crippen LogP contribution in [0.15, 0.2) is 30.5 Å². The minimum Gasteiger partial charge on any atom is -0.480 e. The van der Waals surface area contributed by atoms with Crippen LogP contribution in [-0.2, 0) is 25.6 Å². The maximum absolute atomic E-state index is 13.4. The molecule has 0 saturated heterocycles. The van der Waals surface area contributed by atoms with Crippen molar-refractivity contribution in [1.29, 1.82) is 0 Å². The average molecular weight is 532 g/mol. The van der Waals surface area contributed by atoms with Crippen molar-refractivity contribution >= 4 is 34.6 Å². The van der Waals surface area contributed by atoms with Gasteiger partial charge in [0.25, 0.3) is 0 Å². The van der Waals surface area contributed by atoms with Crippen LogP contribution in [0.2, 0.25) is 0 Å². The summed E-state index contributed by atoms with van der Waals surface area (Å²) in [6.07, 6.45) is 1.47. The number of nitrogens with one attached hydrogen (secondary N) is 4. The monoisotopic (exact) mass is 531 g/mol. The van der Waals surface area contributed by atoms with Gasteiger partial charge in [-0.2, -0.15) is 0 Å². The van der Waals surface area contributed by atoms with Crippen LogP contribution in [0, 0.1) is 11.8 Å². The number of para-hydroxylation sites is 1. The summed E-state index contributed by atoms with van der Waals surface area (Å²) in [7, 11) is 0. The van der Waals surface area contributed by atoms with Crippen LogP contribution in [0.4, 0.5) is 0 Å². The van der Waals surface area contributed by atoms with Crippen molar-refractivity contribution in [1.82, 2.24) is 20.9 Å². The van der Waals surface area contributed by atoms with Crippen LogP contribution in [0.1, 0.15) is 53.0 Å². The number of carbonyl (C=O) groups excluding carboxylic acids is 3. The molecule has 38 heavy (non-hydrogen) atoms. The lowest BCUT2D eigenvalue weighted by Crippen LogP contribution is -2.60. The van der Waals surface area contributed by atoms with Crippen molar-refractivity contribution < 1.29 is 29.4 Å². The molecule has 1 aromatic heterocycles. The average Bonchev–Trinajstić information content (AvgIpc) is 3.27. The SMILES string of the molecule is CCC(C)C(NC(=O)C(N)C(C)O)C(=O)NC(Cc1c[nH]c2ccccc12)C(=O)NC(CC(C)C)C(=O)O. The van der Waals surface area contributed by atoms with E-state index in [1.165, 1.54) is 6.92 Å². The van der Waals surface area contributed by atoms with Gasteiger partial charge in [-0.05, 0) is 36.8 Å². The van der Waals surface area contributed by atoms with Gasteiger partial charge in [-0.1, -0.05) is 52.3 Å². The minimum absolute atomic E-state index is 0.0150. The van der Waals surface area contributed by atoms with Gasteiger partial charge in [0, 0.05) is 23.5 Å². The summed E-state index contributed by atoms with van der Waals surface area (Å²) in [6.45, 7) is 8.71. The summed E-state index contributed by atoms with van der Waals surface area (Å²) in [4.78, 5) is 54.3. The lowest BCUT2D eigenvalue weighted by Gasteiger charge is -2.28. The molecule has 0 aliphatic heterocycles. The van der Waals surface area contributed by atoms with Gasteiger partial charge in [0.1, 0.15) is 24.2 Å². The van der Waals surface area contributed by atoms with Crippen LogP contribution in [0.25, 0.3) is 10.9 Å². The van der Waals surface area contributed by atoms with E-state index in [2.05, 4.69) is 20.9 Å². The van der Waals surface area contributed by atoms with E-state index in [1.807, 2.05) is 45.0 Å². The Morgan fingerprint density at radius 3 is 2.16 bits per heavy atom. The lowest BCUT2D eigenvalue weighted by molar-refractivity contribution is -0.142. The Bertz CT molecular complexity index is 1110. The first kappa shape index (κ1) is 30.8. The first-order chi connectivity index (χ1) is 17.8. The molecule has 8 N–H and O–H groups in total. The number of fused-ring (bicyclic) bond motifs is 1. The molecule has 0 fully saturated rings. The Morgan fingerprint density at radius 1 is 0.947 bits per heavy atom. The molecular weight excluding hydrogens is 490 g/mol. The normalized spacial score (nSPS) is 16.2. The summed E-state index contributed by atoms with van der Waals surface area (Å²) >= 11 is 0. The Hall–Kier alpha value is -3.44. The van der Waals surface area contributed by atoms with Gasteiger partial charge in [0.15, 0.2) is 0 Å². The van der Waals surface area contributed by atoms with Gasteiger partial charge >= 0.3 is 5.97 Å². The summed E-state index contributed by atoms with van der Waals surface area (Å²) in [5.41, 5.74) is 7.36. The fraction of sp³-hybridized carbons (Fsp3) is 0.556. The van der Waals surface area contributed by atoms with E-state index in [4.69, 9.17) is 5.73 Å². The Kier molecular flexibility index (Phi) is 11.3. The third-order valence-electron chi connectivity index (χ3n) is 6.67. The van der Waals surface area contributed by atoms with Crippen molar-refractivity contribution in [3.63, 3.8) is 0 Å². The molecule has 1 aromatic carbocycles. The third-order valence-corrected chi connectivity index (χ3v) is 6.67. The molecule has 11 heteroatoms. The molecule has 210 valence electrons. The molecular formula is C27H41N5O6. The fourth-order valence-corrected chi connectivity index (χ4v) is 4.13. The first-order valence-corrected chi connectivity index (χ1v) is 13.0. The highest BCUT2D eigenvalue weighted by Crippen LogP contribution is 2.20. The standard InChI is InChI=1S/C27H41N5O6/c1-6-15(4)23(32-25(35)22(28)16(5)33)26(36)30-20(24(34)31-21(27(37)38)11-14(2)3)12-17-13-29-19-10-8-7-9-18(17)19/h7-10,13-16,20-23,29,33H,6,11-12,28H2,1-5H3,(H,30,36)(H,31,34)(H,32,35)(H,37,38). The number of rotatable bonds is 14. The zero-order valence-corrected chi connectivity index (χ0v) is 22.7. The van der Waals surface area contributed by atoms with Gasteiger partial charge < -0.3 is 36.9 Å². The van der Waals surface area contributed by atoms with Gasteiger partial charge in [0.05, 0.1) is 6.10 Å². The van der Waals surface area contributed by atoms with E-state index >= 15 is 0 Å². The van der Waals surface area contributed by atoms with Crippen molar-refractivity contribution in [3.05, 3.63) is 36.0 Å². The lowest BCUT2D eigenvalue weighted by atomic mass is 9.96. The smallest absolute Gasteiger partial charge is 0.326 e. The predicted molar refractivity (Wildman–Crippen MR) is 144 cm³/mol. The zero-order chi connectivity index (χ0) is 28.6. The van der Waals surface area contributed by atoms with Gasteiger partial charge in [0.2, 0.25) is 17.7 Å². The van der Waals surface area contributed by atoms with E-state index in [9.17, 15) is 29.4 Å². The predicted octanol–water partition coefficient (Wildman–Crippen LogP) is 1.05. The maximum Gasteiger partial charge on any atom is 0.326 e. The van der Waals surface area contributed by atoms with Crippen molar-refractivity contribution in [3.8, 4) is 0 Å². The molecule has 0 aliphatic carbocycles. The molecule has 0 saturated carbocycles. The molecule has 2 rings (SSSR count). The van der Waals surface area contributed by atoms with Crippen LogP contribution in [0.5, 0.6) is 0 Å². The van der Waals surface area contributed by atoms with Gasteiger partial charge in [-0.25, -0.2) is 4.79 Å². The van der Waals surface area contributed by atoms with E-state index < -0.39 is 54.0 Å². The quantitative estimate of drug-likeness (QED) is 0.190. The van der Waals surface area contributed by atoms with Crippen LogP contribution >= 0.6 is 0 Å². The number of aliphatic carboxylic acids is 1. The van der Waals surface area contributed by atoms with Crippen molar-refractivity contribution in [2.45, 2.75) is 84.2 Å². The number of carbonyl (C=O) groups is 4. The number of nitrogens with two attached hydrogens (primary N) is 1. The number of aliphatic hydroxyl groups is 1. The molecule has 6 unspecified atom stereocenters. The first-order valence-electron chi connectivity index (χ1n) is 13.0. The third kappa shape index (κ3) is 8.29. The summed E-state index contributed by atoms with van der Waals surface area (Å²) in [6, 6.07) is 2.99. The number of amides is 3. The van der Waals surface area contributed by atoms with E-state index in [-0.39, 0.29) is 24.7 Å². The second kappa shape index (κ2) is 13.9. The molecule has 0 aliphatic rings. The van der Waals surface area contributed by atoms with Crippen LogP contribution in [0.3, 0.4) is 0 Å². The molecule has 0 bridgehead atoms. The topological polar surface area (TPSA) is 187 Å². The second-order valence-electron chi connectivity index (χ2n) is 10.3. The molecule has 3 amide bonds. The number of carboxylic acid groups (broad SMARTS) is 1. The Labute approximate surface area is 222 Å². The Balaban J connectivity index is 2.35. The number of H-pyrrole nitrogens is 1. The number of aromatic amines is 1. The second-order valence-corrected chi connectivity index (χ2v) is 10.3. The van der Waals surface area contributed by atoms with Gasteiger partial charge in [-0.3, -0.25) is 14.4 Å². The van der Waals surface area contributed by atoms with Crippen molar-refractivity contribution in [2.75, 3.05) is 0 Å². The zero-order valence-electron chi connectivity index (χ0n) is 22.7. The highest BCUT2D eigenvalue weighted by atomic mass is 16.4. The fourth-order valence-electron chi connectivity index (χ4n) is 4.13. The summed E-state index contributed by atoms with van der Waals surface area (Å²) in [5, 5.41) is 28.1. The molecule has 1 heterocycles. The molecule has 0 radical (unpaired) electrons. The van der Waals surface area contributed by atoms with Crippen molar-refractivity contribution in [2.24, 2.45) is 17.6 Å². The molecule has 2 aromatic rings. The minimum atomic E-state index is -1.23. The number of hydrogen-bond acceptors (Lipinski definition) is 6. The molecule has 6 atom stereocenters. The van der Waals surface area contributed by atoms with E-state index in [0.717, 1.165) is 16.5 Å². The maximum atomic E-state index is 13.4.